The zero-order valence-corrected chi connectivity index (χ0v) is 13.8. The lowest BCUT2D eigenvalue weighted by Gasteiger charge is -2.15. The first kappa shape index (κ1) is 16.1. The summed E-state index contributed by atoms with van der Waals surface area (Å²) in [5.74, 6) is 0.786. The summed E-state index contributed by atoms with van der Waals surface area (Å²) in [5.41, 5.74) is 5.85. The third-order valence-electron chi connectivity index (χ3n) is 3.96. The van der Waals surface area contributed by atoms with Gasteiger partial charge in [0, 0.05) is 6.42 Å². The van der Waals surface area contributed by atoms with Crippen molar-refractivity contribution in [1.82, 2.24) is 0 Å². The third-order valence-corrected chi connectivity index (χ3v) is 3.96. The van der Waals surface area contributed by atoms with Crippen LogP contribution in [0.2, 0.25) is 0 Å². The third kappa shape index (κ3) is 3.89. The minimum Gasteiger partial charge on any atom is -0.493 e. The highest BCUT2D eigenvalue weighted by Crippen LogP contribution is 2.25. The Kier molecular flexibility index (Phi) is 5.22. The van der Waals surface area contributed by atoms with Crippen LogP contribution in [0.5, 0.6) is 5.75 Å². The van der Waals surface area contributed by atoms with Gasteiger partial charge in [-0.05, 0) is 50.5 Å². The number of benzene rings is 2. The van der Waals surface area contributed by atoms with Gasteiger partial charge in [0.05, 0.1) is 18.6 Å². The van der Waals surface area contributed by atoms with Crippen molar-refractivity contribution in [3.05, 3.63) is 64.2 Å². The molecule has 2 nitrogen and oxygen atoms in total. The van der Waals surface area contributed by atoms with Gasteiger partial charge < -0.3 is 4.74 Å². The minimum atomic E-state index is -0.120. The average Bonchev–Trinajstić information content (AvgIpc) is 2.48. The van der Waals surface area contributed by atoms with Crippen molar-refractivity contribution in [3.63, 3.8) is 0 Å². The van der Waals surface area contributed by atoms with Gasteiger partial charge in [-0.15, -0.1) is 0 Å². The number of nitrogens with zero attached hydrogens (tertiary/aromatic N) is 1. The fourth-order valence-electron chi connectivity index (χ4n) is 2.67. The summed E-state index contributed by atoms with van der Waals surface area (Å²) in [7, 11) is 0. The lowest BCUT2D eigenvalue weighted by atomic mass is 9.92. The molecule has 22 heavy (non-hydrogen) atoms. The van der Waals surface area contributed by atoms with Crippen LogP contribution in [0.1, 0.15) is 40.2 Å². The molecule has 0 N–H and O–H groups in total. The number of ether oxygens (including phenoxy) is 1. The van der Waals surface area contributed by atoms with Crippen molar-refractivity contribution >= 4 is 0 Å². The standard InChI is InChI=1S/C20H23NO/c1-14-6-8-20(17(4)11-14)22-10-9-18(13-21)19-12-15(2)5-7-16(19)3/h5-8,11-12,18H,9-10H2,1-4H3. The topological polar surface area (TPSA) is 33.0 Å². The first-order valence-electron chi connectivity index (χ1n) is 7.68. The highest BCUT2D eigenvalue weighted by Gasteiger charge is 2.14. The Labute approximate surface area is 133 Å². The van der Waals surface area contributed by atoms with Gasteiger partial charge in [-0.3, -0.25) is 0 Å². The summed E-state index contributed by atoms with van der Waals surface area (Å²) in [5, 5.41) is 9.48. The summed E-state index contributed by atoms with van der Waals surface area (Å²) in [4.78, 5) is 0. The second kappa shape index (κ2) is 7.13. The molecule has 0 aromatic heterocycles. The Morgan fingerprint density at radius 2 is 1.64 bits per heavy atom. The minimum absolute atomic E-state index is 0.120. The van der Waals surface area contributed by atoms with Gasteiger partial charge >= 0.3 is 0 Å². The monoisotopic (exact) mass is 293 g/mol. The normalized spacial score (nSPS) is 11.8. The molecule has 2 heteroatoms. The zero-order valence-electron chi connectivity index (χ0n) is 13.8. The van der Waals surface area contributed by atoms with E-state index in [0.29, 0.717) is 13.0 Å². The molecule has 1 atom stereocenters. The summed E-state index contributed by atoms with van der Waals surface area (Å²) in [6.45, 7) is 8.79. The van der Waals surface area contributed by atoms with E-state index in [1.807, 2.05) is 6.07 Å². The van der Waals surface area contributed by atoms with Crippen molar-refractivity contribution < 1.29 is 4.74 Å². The Balaban J connectivity index is 2.03. The molecular formula is C20H23NO. The van der Waals surface area contributed by atoms with Crippen molar-refractivity contribution in [3.8, 4) is 11.8 Å². The molecule has 2 rings (SSSR count). The largest absolute Gasteiger partial charge is 0.493 e. The first-order chi connectivity index (χ1) is 10.5. The maximum atomic E-state index is 9.48. The van der Waals surface area contributed by atoms with E-state index in [0.717, 1.165) is 16.9 Å². The Hall–Kier alpha value is -2.27. The molecule has 0 bridgehead atoms. The quantitative estimate of drug-likeness (QED) is 0.777. The number of hydrogen-bond donors (Lipinski definition) is 0. The SMILES string of the molecule is Cc1ccc(OCCC(C#N)c2cc(C)ccc2C)c(C)c1. The van der Waals surface area contributed by atoms with Gasteiger partial charge in [0.1, 0.15) is 5.75 Å². The van der Waals surface area contributed by atoms with E-state index >= 15 is 0 Å². The van der Waals surface area contributed by atoms with E-state index in [2.05, 4.69) is 64.1 Å². The van der Waals surface area contributed by atoms with Crippen LogP contribution in [0.4, 0.5) is 0 Å². The molecule has 0 heterocycles. The maximum Gasteiger partial charge on any atom is 0.122 e. The van der Waals surface area contributed by atoms with Crippen LogP contribution in [-0.2, 0) is 0 Å². The van der Waals surface area contributed by atoms with E-state index in [1.54, 1.807) is 0 Å². The van der Waals surface area contributed by atoms with Crippen molar-refractivity contribution in [2.24, 2.45) is 0 Å². The van der Waals surface area contributed by atoms with Gasteiger partial charge in [-0.25, -0.2) is 0 Å². The highest BCUT2D eigenvalue weighted by molar-refractivity contribution is 5.37. The molecule has 0 aliphatic carbocycles. The number of aryl methyl sites for hydroxylation is 4. The molecule has 0 spiro atoms. The van der Waals surface area contributed by atoms with Gasteiger partial charge in [-0.2, -0.15) is 5.26 Å². The maximum absolute atomic E-state index is 9.48. The Bertz CT molecular complexity index is 697. The van der Waals surface area contributed by atoms with E-state index in [-0.39, 0.29) is 5.92 Å². The second-order valence-electron chi connectivity index (χ2n) is 5.95. The molecule has 2 aromatic rings. The fourth-order valence-corrected chi connectivity index (χ4v) is 2.67. The van der Waals surface area contributed by atoms with Gasteiger partial charge in [-0.1, -0.05) is 41.5 Å². The zero-order chi connectivity index (χ0) is 16.1. The molecule has 1 unspecified atom stereocenters. The molecule has 2 aromatic carbocycles. The average molecular weight is 293 g/mol. The molecule has 0 saturated carbocycles. The van der Waals surface area contributed by atoms with Crippen molar-refractivity contribution in [2.75, 3.05) is 6.61 Å². The summed E-state index contributed by atoms with van der Waals surface area (Å²) in [6, 6.07) is 14.9. The number of nitriles is 1. The van der Waals surface area contributed by atoms with Gasteiger partial charge in [0.25, 0.3) is 0 Å². The summed E-state index contributed by atoms with van der Waals surface area (Å²) >= 11 is 0. The van der Waals surface area contributed by atoms with Crippen molar-refractivity contribution in [2.45, 2.75) is 40.0 Å². The smallest absolute Gasteiger partial charge is 0.122 e. The molecule has 114 valence electrons. The van der Waals surface area contributed by atoms with Crippen LogP contribution >= 0.6 is 0 Å². The van der Waals surface area contributed by atoms with Crippen molar-refractivity contribution in [1.29, 1.82) is 5.26 Å². The lowest BCUT2D eigenvalue weighted by molar-refractivity contribution is 0.304. The molecule has 0 saturated heterocycles. The Morgan fingerprint density at radius 1 is 0.955 bits per heavy atom. The first-order valence-corrected chi connectivity index (χ1v) is 7.68. The second-order valence-corrected chi connectivity index (χ2v) is 5.95. The van der Waals surface area contributed by atoms with Crippen LogP contribution in [0.15, 0.2) is 36.4 Å². The predicted molar refractivity (Wildman–Crippen MR) is 90.3 cm³/mol. The van der Waals surface area contributed by atoms with Crippen LogP contribution in [0, 0.1) is 39.0 Å². The van der Waals surface area contributed by atoms with Crippen LogP contribution in [0.3, 0.4) is 0 Å². The molecule has 0 aliphatic heterocycles. The summed E-state index contributed by atoms with van der Waals surface area (Å²) < 4.78 is 5.86. The van der Waals surface area contributed by atoms with Crippen LogP contribution in [0.25, 0.3) is 0 Å². The molecule has 0 aliphatic rings. The summed E-state index contributed by atoms with van der Waals surface area (Å²) in [6.07, 6.45) is 0.702. The van der Waals surface area contributed by atoms with Gasteiger partial charge in [0.15, 0.2) is 0 Å². The van der Waals surface area contributed by atoms with E-state index in [1.165, 1.54) is 16.7 Å². The Morgan fingerprint density at radius 3 is 2.32 bits per heavy atom. The van der Waals surface area contributed by atoms with E-state index in [4.69, 9.17) is 4.74 Å². The van der Waals surface area contributed by atoms with Crippen LogP contribution < -0.4 is 4.74 Å². The fraction of sp³-hybridized carbons (Fsp3) is 0.350. The van der Waals surface area contributed by atoms with Crippen LogP contribution in [-0.4, -0.2) is 6.61 Å². The molecule has 0 fully saturated rings. The molecule has 0 radical (unpaired) electrons. The van der Waals surface area contributed by atoms with E-state index in [9.17, 15) is 5.26 Å². The van der Waals surface area contributed by atoms with E-state index < -0.39 is 0 Å². The molecule has 0 amide bonds. The van der Waals surface area contributed by atoms with Gasteiger partial charge in [0.2, 0.25) is 0 Å². The lowest BCUT2D eigenvalue weighted by Crippen LogP contribution is -2.07. The molecular weight excluding hydrogens is 270 g/mol. The highest BCUT2D eigenvalue weighted by atomic mass is 16.5. The number of hydrogen-bond acceptors (Lipinski definition) is 2. The number of rotatable bonds is 5. The predicted octanol–water partition coefficient (Wildman–Crippen LogP) is 5.00.